The van der Waals surface area contributed by atoms with Crippen molar-refractivity contribution in [3.63, 3.8) is 0 Å². The average molecular weight is 572 g/mol. The Labute approximate surface area is 238 Å². The van der Waals surface area contributed by atoms with Crippen LogP contribution < -0.4 is 9.47 Å². The monoisotopic (exact) mass is 571 g/mol. The third-order valence-electron chi connectivity index (χ3n) is 8.49. The number of nitrogens with zero attached hydrogens (tertiary/aromatic N) is 3. The van der Waals surface area contributed by atoms with Crippen LogP contribution in [0.4, 0.5) is 0 Å². The van der Waals surface area contributed by atoms with Crippen LogP contribution in [0, 0.1) is 0 Å². The van der Waals surface area contributed by atoms with Gasteiger partial charge in [0.25, 0.3) is 17.4 Å². The molecule has 3 aliphatic heterocycles. The molecular weight excluding hydrogens is 534 g/mol. The van der Waals surface area contributed by atoms with Gasteiger partial charge in [-0.1, -0.05) is 5.16 Å². The Balaban J connectivity index is 1.47. The summed E-state index contributed by atoms with van der Waals surface area (Å²) in [5.74, 6) is -1.37. The number of carbonyl (C=O) groups is 4. The molecule has 4 aliphatic rings. The molecule has 0 N–H and O–H groups in total. The molecule has 2 unspecified atom stereocenters. The Hall–Kier alpha value is -3.83. The highest BCUT2D eigenvalue weighted by atomic mass is 16.7. The van der Waals surface area contributed by atoms with Gasteiger partial charge < -0.3 is 33.6 Å². The average Bonchev–Trinajstić information content (AvgIpc) is 3.82. The number of methoxy groups -OCH3 is 3. The van der Waals surface area contributed by atoms with E-state index in [4.69, 9.17) is 23.8 Å². The van der Waals surface area contributed by atoms with E-state index in [0.717, 1.165) is 25.7 Å². The highest BCUT2D eigenvalue weighted by Gasteiger charge is 2.60. The van der Waals surface area contributed by atoms with Crippen molar-refractivity contribution in [1.29, 1.82) is 0 Å². The molecule has 1 aromatic rings. The molecule has 2 atom stereocenters. The third kappa shape index (κ3) is 5.31. The molecule has 0 spiro atoms. The lowest BCUT2D eigenvalue weighted by atomic mass is 9.90. The van der Waals surface area contributed by atoms with Crippen LogP contribution in [0.25, 0.3) is 0 Å². The molecule has 1 aliphatic carbocycles. The van der Waals surface area contributed by atoms with E-state index in [0.29, 0.717) is 48.5 Å². The maximum Gasteiger partial charge on any atom is 0.328 e. The zero-order valence-electron chi connectivity index (χ0n) is 23.8. The van der Waals surface area contributed by atoms with Crippen molar-refractivity contribution >= 4 is 29.5 Å². The maximum atomic E-state index is 14.2. The van der Waals surface area contributed by atoms with Gasteiger partial charge in [0.05, 0.1) is 39.6 Å². The summed E-state index contributed by atoms with van der Waals surface area (Å²) in [5.41, 5.74) is -1.11. The van der Waals surface area contributed by atoms with Crippen molar-refractivity contribution in [3.8, 4) is 11.5 Å². The van der Waals surface area contributed by atoms with Gasteiger partial charge in [0.15, 0.2) is 11.5 Å². The van der Waals surface area contributed by atoms with E-state index >= 15 is 0 Å². The summed E-state index contributed by atoms with van der Waals surface area (Å²) >= 11 is 0. The first-order valence-electron chi connectivity index (χ1n) is 14.2. The molecule has 3 heterocycles. The highest BCUT2D eigenvalue weighted by molar-refractivity contribution is 6.17. The molecule has 1 saturated carbocycles. The van der Waals surface area contributed by atoms with Crippen molar-refractivity contribution < 1.29 is 43.0 Å². The number of rotatable bonds is 8. The van der Waals surface area contributed by atoms with Gasteiger partial charge in [0, 0.05) is 18.7 Å². The fourth-order valence-electron chi connectivity index (χ4n) is 6.29. The van der Waals surface area contributed by atoms with E-state index in [1.165, 1.54) is 24.0 Å². The van der Waals surface area contributed by atoms with Crippen molar-refractivity contribution in [2.24, 2.45) is 5.16 Å². The van der Waals surface area contributed by atoms with Gasteiger partial charge in [-0.2, -0.15) is 0 Å². The molecule has 3 fully saturated rings. The van der Waals surface area contributed by atoms with Crippen LogP contribution in [0.2, 0.25) is 0 Å². The van der Waals surface area contributed by atoms with Crippen LogP contribution in [0.15, 0.2) is 23.4 Å². The summed E-state index contributed by atoms with van der Waals surface area (Å²) in [6.45, 7) is 0.517. The van der Waals surface area contributed by atoms with Gasteiger partial charge >= 0.3 is 11.9 Å². The molecule has 2 amide bonds. The zero-order valence-corrected chi connectivity index (χ0v) is 23.8. The number of esters is 2. The summed E-state index contributed by atoms with van der Waals surface area (Å²) in [6, 6.07) is 3.63. The van der Waals surface area contributed by atoms with Gasteiger partial charge in [0.2, 0.25) is 0 Å². The molecule has 12 heteroatoms. The molecule has 12 nitrogen and oxygen atoms in total. The standard InChI is InChI=1S/C29H37N3O9/c1-37-23-13-12-18(16-24(23)40-19-8-4-5-9-19)20-17-29(41-30-20,27(35)31-14-6-10-21(31)25(33)38-2)28(36)32-15-7-11-22(32)26(34)39-3/h12-13,16,19,21-22H,4-11,14-15,17H2,1-3H3. The highest BCUT2D eigenvalue weighted by Crippen LogP contribution is 2.38. The number of ether oxygens (including phenoxy) is 4. The Morgan fingerprint density at radius 1 is 0.829 bits per heavy atom. The first kappa shape index (κ1) is 28.7. The normalized spacial score (nSPS) is 26.0. The van der Waals surface area contributed by atoms with Crippen molar-refractivity contribution in [2.45, 2.75) is 81.6 Å². The Kier molecular flexibility index (Phi) is 8.37. The fraction of sp³-hybridized carbons (Fsp3) is 0.621. The van der Waals surface area contributed by atoms with Crippen LogP contribution in [0.1, 0.15) is 63.4 Å². The van der Waals surface area contributed by atoms with Gasteiger partial charge in [-0.3, -0.25) is 9.59 Å². The predicted octanol–water partition coefficient (Wildman–Crippen LogP) is 2.21. The molecule has 1 aromatic carbocycles. The number of hydrogen-bond donors (Lipinski definition) is 0. The van der Waals surface area contributed by atoms with E-state index in [2.05, 4.69) is 5.16 Å². The van der Waals surface area contributed by atoms with Crippen molar-refractivity contribution in [1.82, 2.24) is 9.80 Å². The van der Waals surface area contributed by atoms with E-state index in [-0.39, 0.29) is 25.6 Å². The summed E-state index contributed by atoms with van der Waals surface area (Å²) in [7, 11) is 4.09. The van der Waals surface area contributed by atoms with E-state index in [1.807, 2.05) is 0 Å². The van der Waals surface area contributed by atoms with Gasteiger partial charge in [-0.25, -0.2) is 9.59 Å². The van der Waals surface area contributed by atoms with Crippen LogP contribution in [0.5, 0.6) is 11.5 Å². The van der Waals surface area contributed by atoms with Crippen LogP contribution in [-0.2, 0) is 33.5 Å². The lowest BCUT2D eigenvalue weighted by Crippen LogP contribution is -2.62. The second-order valence-corrected chi connectivity index (χ2v) is 10.9. The fourth-order valence-corrected chi connectivity index (χ4v) is 6.29. The Morgan fingerprint density at radius 3 is 1.95 bits per heavy atom. The number of amides is 2. The second-order valence-electron chi connectivity index (χ2n) is 10.9. The van der Waals surface area contributed by atoms with Crippen LogP contribution in [-0.4, -0.2) is 97.5 Å². The number of hydrogen-bond acceptors (Lipinski definition) is 10. The van der Waals surface area contributed by atoms with Crippen LogP contribution >= 0.6 is 0 Å². The molecule has 41 heavy (non-hydrogen) atoms. The predicted molar refractivity (Wildman–Crippen MR) is 144 cm³/mol. The van der Waals surface area contributed by atoms with E-state index in [9.17, 15) is 19.2 Å². The van der Waals surface area contributed by atoms with Crippen molar-refractivity contribution in [3.05, 3.63) is 23.8 Å². The largest absolute Gasteiger partial charge is 0.493 e. The molecule has 5 rings (SSSR count). The lowest BCUT2D eigenvalue weighted by molar-refractivity contribution is -0.176. The topological polar surface area (TPSA) is 133 Å². The van der Waals surface area contributed by atoms with E-state index < -0.39 is 41.4 Å². The SMILES string of the molecule is COC(=O)C1CCCN1C(=O)C1(C(=O)N2CCCC2C(=O)OC)CC(c2ccc(OC)c(OC3CCCC3)c2)=NO1. The number of carbonyl (C=O) groups excluding carboxylic acids is 4. The maximum absolute atomic E-state index is 14.2. The van der Waals surface area contributed by atoms with Crippen LogP contribution in [0.3, 0.4) is 0 Å². The van der Waals surface area contributed by atoms with Crippen molar-refractivity contribution in [2.75, 3.05) is 34.4 Å². The summed E-state index contributed by atoms with van der Waals surface area (Å²) in [5, 5.41) is 4.25. The first-order valence-corrected chi connectivity index (χ1v) is 14.2. The molecule has 222 valence electrons. The molecule has 0 aromatic heterocycles. The number of likely N-dealkylation sites (tertiary alicyclic amines) is 2. The summed E-state index contributed by atoms with van der Waals surface area (Å²) in [4.78, 5) is 62.0. The smallest absolute Gasteiger partial charge is 0.328 e. The van der Waals surface area contributed by atoms with Gasteiger partial charge in [0.1, 0.15) is 12.1 Å². The first-order chi connectivity index (χ1) is 19.8. The lowest BCUT2D eigenvalue weighted by Gasteiger charge is -2.35. The number of benzene rings is 1. The summed E-state index contributed by atoms with van der Waals surface area (Å²) in [6.07, 6.45) is 5.97. The molecule has 2 saturated heterocycles. The third-order valence-corrected chi connectivity index (χ3v) is 8.49. The van der Waals surface area contributed by atoms with E-state index in [1.54, 1.807) is 25.3 Å². The summed E-state index contributed by atoms with van der Waals surface area (Å²) < 4.78 is 21.6. The van der Waals surface area contributed by atoms with Gasteiger partial charge in [-0.15, -0.1) is 0 Å². The second kappa shape index (κ2) is 12.0. The Bertz CT molecular complexity index is 1180. The quantitative estimate of drug-likeness (QED) is 0.340. The molecular formula is C29H37N3O9. The minimum Gasteiger partial charge on any atom is -0.493 e. The minimum atomic E-state index is -2.09. The minimum absolute atomic E-state index is 0.0824. The van der Waals surface area contributed by atoms with Gasteiger partial charge in [-0.05, 0) is 69.6 Å². The molecule has 0 radical (unpaired) electrons. The number of oxime groups is 1. The zero-order chi connectivity index (χ0) is 29.1. The Morgan fingerprint density at radius 2 is 1.41 bits per heavy atom. The molecule has 0 bridgehead atoms.